The minimum atomic E-state index is -0.360. The number of carbonyl (C=O) groups excluding carboxylic acids is 2. The minimum Gasteiger partial charge on any atom is -0.462 e. The van der Waals surface area contributed by atoms with Crippen molar-refractivity contribution in [2.75, 3.05) is 12.9 Å². The second-order valence-corrected chi connectivity index (χ2v) is 4.52. The Bertz CT molecular complexity index is 344. The van der Waals surface area contributed by atoms with Gasteiger partial charge in [-0.25, -0.2) is 4.79 Å². The zero-order chi connectivity index (χ0) is 10.6. The van der Waals surface area contributed by atoms with Gasteiger partial charge in [0.25, 0.3) is 0 Å². The Morgan fingerprint density at radius 2 is 2.43 bits per heavy atom. The van der Waals surface area contributed by atoms with Crippen LogP contribution in [0.4, 0.5) is 0 Å². The van der Waals surface area contributed by atoms with Crippen molar-refractivity contribution in [3.63, 3.8) is 0 Å². The van der Waals surface area contributed by atoms with Gasteiger partial charge in [-0.15, -0.1) is 23.1 Å². The lowest BCUT2D eigenvalue weighted by Crippen LogP contribution is -2.01. The maximum absolute atomic E-state index is 11.3. The van der Waals surface area contributed by atoms with E-state index in [1.807, 2.05) is 6.26 Å². The number of hydrogen-bond donors (Lipinski definition) is 0. The monoisotopic (exact) mass is 230 g/mol. The molecule has 0 aromatic carbocycles. The molecular weight excluding hydrogens is 220 g/mol. The quantitative estimate of drug-likeness (QED) is 0.453. The molecule has 0 spiro atoms. The van der Waals surface area contributed by atoms with Crippen molar-refractivity contribution in [2.45, 2.75) is 11.1 Å². The molecular formula is C9H10O3S2. The van der Waals surface area contributed by atoms with Crippen LogP contribution < -0.4 is 0 Å². The molecule has 0 atom stereocenters. The molecule has 0 saturated carbocycles. The van der Waals surface area contributed by atoms with E-state index in [0.717, 1.165) is 10.5 Å². The number of ether oxygens (including phenoxy) is 1. The summed E-state index contributed by atoms with van der Waals surface area (Å²) in [6.07, 6.45) is 2.62. The fraction of sp³-hybridized carbons (Fsp3) is 0.333. The highest BCUT2D eigenvalue weighted by atomic mass is 32.2. The van der Waals surface area contributed by atoms with Gasteiger partial charge in [0.05, 0.1) is 10.8 Å². The Kier molecular flexibility index (Phi) is 4.16. The van der Waals surface area contributed by atoms with Gasteiger partial charge in [-0.3, -0.25) is 4.79 Å². The first-order valence-electron chi connectivity index (χ1n) is 4.03. The number of thioether (sulfide) groups is 1. The third-order valence-electron chi connectivity index (χ3n) is 1.51. The molecule has 0 aliphatic carbocycles. The predicted molar refractivity (Wildman–Crippen MR) is 57.4 cm³/mol. The highest BCUT2D eigenvalue weighted by Gasteiger charge is 2.14. The predicted octanol–water partition coefficient (Wildman–Crippen LogP) is 2.46. The molecule has 1 rings (SSSR count). The van der Waals surface area contributed by atoms with E-state index in [2.05, 4.69) is 0 Å². The van der Waals surface area contributed by atoms with E-state index in [1.165, 1.54) is 23.1 Å². The summed E-state index contributed by atoms with van der Waals surface area (Å²) in [5.41, 5.74) is 0.561. The highest BCUT2D eigenvalue weighted by molar-refractivity contribution is 8.00. The summed E-state index contributed by atoms with van der Waals surface area (Å²) in [5.74, 6) is -0.360. The summed E-state index contributed by atoms with van der Waals surface area (Å²) in [5, 5.41) is 0. The van der Waals surface area contributed by atoms with Gasteiger partial charge in [0.2, 0.25) is 0 Å². The molecule has 0 aliphatic rings. The Labute approximate surface area is 90.5 Å². The molecule has 0 amide bonds. The fourth-order valence-electron chi connectivity index (χ4n) is 0.933. The van der Waals surface area contributed by atoms with Crippen molar-refractivity contribution in [1.29, 1.82) is 0 Å². The summed E-state index contributed by atoms with van der Waals surface area (Å²) in [7, 11) is 0. The number of esters is 1. The average molecular weight is 230 g/mol. The van der Waals surface area contributed by atoms with Crippen LogP contribution in [0.25, 0.3) is 0 Å². The SMILES string of the molecule is CCOC(=O)c1cc(C=O)c(SC)s1. The van der Waals surface area contributed by atoms with E-state index in [4.69, 9.17) is 4.74 Å². The summed E-state index contributed by atoms with van der Waals surface area (Å²) < 4.78 is 5.68. The van der Waals surface area contributed by atoms with Crippen molar-refractivity contribution >= 4 is 35.4 Å². The normalized spacial score (nSPS) is 9.86. The maximum Gasteiger partial charge on any atom is 0.348 e. The van der Waals surface area contributed by atoms with Crippen LogP contribution in [0.5, 0.6) is 0 Å². The lowest BCUT2D eigenvalue weighted by Gasteiger charge is -1.96. The van der Waals surface area contributed by atoms with Gasteiger partial charge in [0.1, 0.15) is 4.88 Å². The minimum absolute atomic E-state index is 0.349. The number of rotatable bonds is 4. The zero-order valence-corrected chi connectivity index (χ0v) is 9.54. The summed E-state index contributed by atoms with van der Waals surface area (Å²) in [4.78, 5) is 22.4. The van der Waals surface area contributed by atoms with Gasteiger partial charge < -0.3 is 4.74 Å². The standard InChI is InChI=1S/C9H10O3S2/c1-3-12-8(11)7-4-6(5-10)9(13-2)14-7/h4-5H,3H2,1-2H3. The number of aldehydes is 1. The Morgan fingerprint density at radius 3 is 2.86 bits per heavy atom. The van der Waals surface area contributed by atoms with Gasteiger partial charge >= 0.3 is 5.97 Å². The van der Waals surface area contributed by atoms with Gasteiger partial charge in [0.15, 0.2) is 6.29 Å². The first-order chi connectivity index (χ1) is 6.72. The van der Waals surface area contributed by atoms with Gasteiger partial charge in [-0.05, 0) is 19.2 Å². The van der Waals surface area contributed by atoms with Crippen LogP contribution in [0.15, 0.2) is 10.3 Å². The fourth-order valence-corrected chi connectivity index (χ4v) is 2.63. The molecule has 0 N–H and O–H groups in total. The topological polar surface area (TPSA) is 43.4 Å². The summed E-state index contributed by atoms with van der Waals surface area (Å²) >= 11 is 2.75. The third-order valence-corrected chi connectivity index (χ3v) is 3.80. The molecule has 0 radical (unpaired) electrons. The van der Waals surface area contributed by atoms with Crippen LogP contribution in [0.2, 0.25) is 0 Å². The van der Waals surface area contributed by atoms with E-state index >= 15 is 0 Å². The Hall–Kier alpha value is -0.810. The molecule has 1 aromatic heterocycles. The van der Waals surface area contributed by atoms with Gasteiger partial charge in [0, 0.05) is 5.56 Å². The van der Waals surface area contributed by atoms with Crippen molar-refractivity contribution in [3.8, 4) is 0 Å². The van der Waals surface area contributed by atoms with Gasteiger partial charge in [-0.2, -0.15) is 0 Å². The summed E-state index contributed by atoms with van der Waals surface area (Å²) in [6.45, 7) is 2.10. The van der Waals surface area contributed by atoms with E-state index in [1.54, 1.807) is 13.0 Å². The number of hydrogen-bond acceptors (Lipinski definition) is 5. The maximum atomic E-state index is 11.3. The van der Waals surface area contributed by atoms with Crippen molar-refractivity contribution in [3.05, 3.63) is 16.5 Å². The number of carbonyl (C=O) groups is 2. The summed E-state index contributed by atoms with van der Waals surface area (Å²) in [6, 6.07) is 1.57. The first-order valence-corrected chi connectivity index (χ1v) is 6.07. The zero-order valence-electron chi connectivity index (χ0n) is 7.90. The Balaban J connectivity index is 2.94. The molecule has 1 aromatic rings. The third kappa shape index (κ3) is 2.36. The lowest BCUT2D eigenvalue weighted by atomic mass is 10.3. The van der Waals surface area contributed by atoms with Crippen molar-refractivity contribution in [2.24, 2.45) is 0 Å². The van der Waals surface area contributed by atoms with Crippen LogP contribution in [-0.2, 0) is 4.74 Å². The first kappa shape index (κ1) is 11.3. The van der Waals surface area contributed by atoms with Crippen LogP contribution in [0.1, 0.15) is 27.0 Å². The molecule has 1 heterocycles. The van der Waals surface area contributed by atoms with E-state index in [-0.39, 0.29) is 5.97 Å². The average Bonchev–Trinajstić information content (AvgIpc) is 2.61. The molecule has 5 heteroatoms. The molecule has 0 fully saturated rings. The van der Waals surface area contributed by atoms with Crippen LogP contribution in [-0.4, -0.2) is 25.1 Å². The van der Waals surface area contributed by atoms with E-state index in [0.29, 0.717) is 17.0 Å². The molecule has 0 unspecified atom stereocenters. The largest absolute Gasteiger partial charge is 0.462 e. The van der Waals surface area contributed by atoms with Gasteiger partial charge in [-0.1, -0.05) is 0 Å². The van der Waals surface area contributed by atoms with E-state index < -0.39 is 0 Å². The second kappa shape index (κ2) is 5.17. The Morgan fingerprint density at radius 1 is 1.71 bits per heavy atom. The molecule has 14 heavy (non-hydrogen) atoms. The number of thiophene rings is 1. The molecule has 3 nitrogen and oxygen atoms in total. The molecule has 0 bridgehead atoms. The second-order valence-electron chi connectivity index (χ2n) is 2.40. The van der Waals surface area contributed by atoms with Crippen LogP contribution in [0.3, 0.4) is 0 Å². The van der Waals surface area contributed by atoms with Crippen molar-refractivity contribution < 1.29 is 14.3 Å². The van der Waals surface area contributed by atoms with Crippen LogP contribution in [0, 0.1) is 0 Å². The molecule has 0 saturated heterocycles. The smallest absolute Gasteiger partial charge is 0.348 e. The highest BCUT2D eigenvalue weighted by Crippen LogP contribution is 2.29. The molecule has 0 aliphatic heterocycles. The van der Waals surface area contributed by atoms with Crippen molar-refractivity contribution in [1.82, 2.24) is 0 Å². The molecule has 76 valence electrons. The van der Waals surface area contributed by atoms with E-state index in [9.17, 15) is 9.59 Å². The lowest BCUT2D eigenvalue weighted by molar-refractivity contribution is 0.0532. The van der Waals surface area contributed by atoms with Crippen LogP contribution >= 0.6 is 23.1 Å².